The van der Waals surface area contributed by atoms with Gasteiger partial charge in [0.15, 0.2) is 6.61 Å². The van der Waals surface area contributed by atoms with Gasteiger partial charge in [-0.25, -0.2) is 9.78 Å². The molecule has 4 rings (SSSR count). The Labute approximate surface area is 190 Å². The van der Waals surface area contributed by atoms with Crippen molar-refractivity contribution in [2.24, 2.45) is 0 Å². The molecule has 0 atom stereocenters. The molecule has 160 valence electrons. The summed E-state index contributed by atoms with van der Waals surface area (Å²) in [6.45, 7) is 0.248. The Morgan fingerprint density at radius 1 is 1.16 bits per heavy atom. The van der Waals surface area contributed by atoms with Crippen LogP contribution in [0.25, 0.3) is 21.5 Å². The van der Waals surface area contributed by atoms with Gasteiger partial charge in [0.2, 0.25) is 0 Å². The number of ether oxygens (including phenoxy) is 1. The maximum Gasteiger partial charge on any atom is 0.339 e. The number of hydrogen-bond donors (Lipinski definition) is 1. The van der Waals surface area contributed by atoms with E-state index in [1.807, 2.05) is 30.3 Å². The summed E-state index contributed by atoms with van der Waals surface area (Å²) < 4.78 is 5.97. The van der Waals surface area contributed by atoms with Gasteiger partial charge in [0, 0.05) is 11.9 Å². The molecule has 0 spiro atoms. The number of allylic oxidation sites excluding steroid dienone is 1. The third kappa shape index (κ3) is 5.51. The number of fused-ring (bicyclic) bond motifs is 1. The van der Waals surface area contributed by atoms with Gasteiger partial charge in [-0.05, 0) is 56.4 Å². The van der Waals surface area contributed by atoms with Gasteiger partial charge < -0.3 is 10.1 Å². The van der Waals surface area contributed by atoms with Crippen molar-refractivity contribution in [3.05, 3.63) is 64.0 Å². The van der Waals surface area contributed by atoms with Crippen molar-refractivity contribution in [2.45, 2.75) is 32.1 Å². The van der Waals surface area contributed by atoms with Gasteiger partial charge in [-0.1, -0.05) is 41.4 Å². The molecule has 1 aliphatic carbocycles. The van der Waals surface area contributed by atoms with Crippen LogP contribution in [0.2, 0.25) is 4.34 Å². The molecule has 0 saturated heterocycles. The number of amides is 1. The highest BCUT2D eigenvalue weighted by atomic mass is 35.5. The Hall–Kier alpha value is -2.70. The quantitative estimate of drug-likeness (QED) is 0.363. The number of aromatic nitrogens is 1. The maximum atomic E-state index is 12.8. The minimum absolute atomic E-state index is 0.298. The van der Waals surface area contributed by atoms with Crippen molar-refractivity contribution in [3.63, 3.8) is 0 Å². The Morgan fingerprint density at radius 3 is 2.81 bits per heavy atom. The molecule has 0 aliphatic heterocycles. The van der Waals surface area contributed by atoms with Gasteiger partial charge >= 0.3 is 5.97 Å². The molecule has 1 amide bonds. The predicted molar refractivity (Wildman–Crippen MR) is 125 cm³/mol. The molecule has 1 N–H and O–H groups in total. The van der Waals surface area contributed by atoms with E-state index in [0.29, 0.717) is 33.0 Å². The Kier molecular flexibility index (Phi) is 6.99. The van der Waals surface area contributed by atoms with Crippen molar-refractivity contribution in [1.29, 1.82) is 0 Å². The van der Waals surface area contributed by atoms with Crippen molar-refractivity contribution in [2.75, 3.05) is 13.2 Å². The van der Waals surface area contributed by atoms with Crippen LogP contribution in [0.5, 0.6) is 0 Å². The SMILES string of the molecule is O=C(COC(=O)c1cc(-c2ccc(Cl)s2)nc2ccccc12)NCCC1=CCCCC1. The summed E-state index contributed by atoms with van der Waals surface area (Å²) in [5.41, 5.74) is 3.10. The fourth-order valence-corrected chi connectivity index (χ4v) is 4.68. The zero-order valence-electron chi connectivity index (χ0n) is 17.0. The van der Waals surface area contributed by atoms with E-state index in [0.717, 1.165) is 24.1 Å². The third-order valence-electron chi connectivity index (χ3n) is 5.25. The summed E-state index contributed by atoms with van der Waals surface area (Å²) in [6.07, 6.45) is 7.82. The van der Waals surface area contributed by atoms with Crippen LogP contribution in [-0.2, 0) is 9.53 Å². The second-order valence-corrected chi connectivity index (χ2v) is 9.18. The largest absolute Gasteiger partial charge is 0.452 e. The molecule has 0 bridgehead atoms. The highest BCUT2D eigenvalue weighted by molar-refractivity contribution is 7.19. The van der Waals surface area contributed by atoms with Crippen LogP contribution in [0.15, 0.2) is 54.1 Å². The van der Waals surface area contributed by atoms with E-state index in [-0.39, 0.29) is 12.5 Å². The van der Waals surface area contributed by atoms with Gasteiger partial charge in [0.05, 0.1) is 26.0 Å². The summed E-state index contributed by atoms with van der Waals surface area (Å²) in [6, 6.07) is 12.7. The number of hydrogen-bond acceptors (Lipinski definition) is 5. The summed E-state index contributed by atoms with van der Waals surface area (Å²) in [5.74, 6) is -0.846. The Balaban J connectivity index is 1.42. The van der Waals surface area contributed by atoms with Crippen LogP contribution >= 0.6 is 22.9 Å². The van der Waals surface area contributed by atoms with Crippen LogP contribution in [0.1, 0.15) is 42.5 Å². The van der Waals surface area contributed by atoms with Gasteiger partial charge in [-0.2, -0.15) is 0 Å². The first kappa shape index (κ1) is 21.5. The number of carbonyl (C=O) groups excluding carboxylic acids is 2. The number of carbonyl (C=O) groups is 2. The summed E-state index contributed by atoms with van der Waals surface area (Å²) in [5, 5.41) is 3.52. The minimum Gasteiger partial charge on any atom is -0.452 e. The van der Waals surface area contributed by atoms with Gasteiger partial charge in [0.25, 0.3) is 5.91 Å². The standard InChI is InChI=1S/C24H23ClN2O3S/c25-22-11-10-21(31-22)20-14-18(17-8-4-5-9-19(17)27-20)24(29)30-15-23(28)26-13-12-16-6-2-1-3-7-16/h4-6,8-11,14H,1-3,7,12-13,15H2,(H,26,28). The van der Waals surface area contributed by atoms with E-state index in [1.54, 1.807) is 12.1 Å². The molecule has 7 heteroatoms. The first-order valence-corrected chi connectivity index (χ1v) is 11.6. The molecule has 2 heterocycles. The van der Waals surface area contributed by atoms with E-state index in [1.165, 1.54) is 29.8 Å². The summed E-state index contributed by atoms with van der Waals surface area (Å²) in [7, 11) is 0. The molecular formula is C24H23ClN2O3S. The normalized spacial score (nSPS) is 13.6. The molecular weight excluding hydrogens is 432 g/mol. The average molecular weight is 455 g/mol. The monoisotopic (exact) mass is 454 g/mol. The highest BCUT2D eigenvalue weighted by Gasteiger charge is 2.17. The molecule has 0 saturated carbocycles. The minimum atomic E-state index is -0.548. The molecule has 5 nitrogen and oxygen atoms in total. The lowest BCUT2D eigenvalue weighted by Crippen LogP contribution is -2.30. The number of nitrogens with one attached hydrogen (secondary N) is 1. The van der Waals surface area contributed by atoms with Gasteiger partial charge in [-0.15, -0.1) is 11.3 Å². The number of halogens is 1. The maximum absolute atomic E-state index is 12.8. The first-order chi connectivity index (χ1) is 15.1. The third-order valence-corrected chi connectivity index (χ3v) is 6.50. The van der Waals surface area contributed by atoms with Crippen LogP contribution in [0, 0.1) is 0 Å². The highest BCUT2D eigenvalue weighted by Crippen LogP contribution is 2.32. The van der Waals surface area contributed by atoms with E-state index in [4.69, 9.17) is 16.3 Å². The molecule has 1 aromatic carbocycles. The van der Waals surface area contributed by atoms with Crippen LogP contribution in [0.3, 0.4) is 0 Å². The molecule has 31 heavy (non-hydrogen) atoms. The molecule has 1 aliphatic rings. The summed E-state index contributed by atoms with van der Waals surface area (Å²) in [4.78, 5) is 30.5. The molecule has 0 unspecified atom stereocenters. The Bertz CT molecular complexity index is 1140. The second-order valence-electron chi connectivity index (χ2n) is 7.46. The fraction of sp³-hybridized carbons (Fsp3) is 0.292. The lowest BCUT2D eigenvalue weighted by Gasteiger charge is -2.13. The number of nitrogens with zero attached hydrogens (tertiary/aromatic N) is 1. The molecule has 0 fully saturated rings. The van der Waals surface area contributed by atoms with E-state index in [9.17, 15) is 9.59 Å². The van der Waals surface area contributed by atoms with Crippen molar-refractivity contribution in [1.82, 2.24) is 10.3 Å². The molecule has 0 radical (unpaired) electrons. The smallest absolute Gasteiger partial charge is 0.339 e. The van der Waals surface area contributed by atoms with Gasteiger partial charge in [-0.3, -0.25) is 4.79 Å². The van der Waals surface area contributed by atoms with Crippen LogP contribution in [0.4, 0.5) is 0 Å². The van der Waals surface area contributed by atoms with Crippen molar-refractivity contribution < 1.29 is 14.3 Å². The van der Waals surface area contributed by atoms with Crippen LogP contribution in [-0.4, -0.2) is 30.0 Å². The molecule has 3 aromatic rings. The number of rotatable bonds is 7. The van der Waals surface area contributed by atoms with E-state index >= 15 is 0 Å². The van der Waals surface area contributed by atoms with Crippen molar-refractivity contribution >= 4 is 45.7 Å². The Morgan fingerprint density at radius 2 is 2.03 bits per heavy atom. The number of para-hydroxylation sites is 1. The lowest BCUT2D eigenvalue weighted by atomic mass is 9.97. The van der Waals surface area contributed by atoms with Crippen LogP contribution < -0.4 is 5.32 Å². The number of esters is 1. The van der Waals surface area contributed by atoms with E-state index < -0.39 is 5.97 Å². The average Bonchev–Trinajstić information content (AvgIpc) is 3.24. The van der Waals surface area contributed by atoms with Crippen molar-refractivity contribution in [3.8, 4) is 10.6 Å². The second kappa shape index (κ2) is 10.1. The predicted octanol–water partition coefficient (Wildman–Crippen LogP) is 5.78. The zero-order valence-corrected chi connectivity index (χ0v) is 18.6. The van der Waals surface area contributed by atoms with Gasteiger partial charge in [0.1, 0.15) is 0 Å². The number of benzene rings is 1. The lowest BCUT2D eigenvalue weighted by molar-refractivity contribution is -0.124. The molecule has 2 aromatic heterocycles. The topological polar surface area (TPSA) is 68.3 Å². The van der Waals surface area contributed by atoms with E-state index in [2.05, 4.69) is 16.4 Å². The first-order valence-electron chi connectivity index (χ1n) is 10.4. The fourth-order valence-electron chi connectivity index (χ4n) is 3.68. The zero-order chi connectivity index (χ0) is 21.6. The number of thiophene rings is 1. The number of pyridine rings is 1. The summed E-state index contributed by atoms with van der Waals surface area (Å²) >= 11 is 7.45.